The van der Waals surface area contributed by atoms with E-state index in [2.05, 4.69) is 4.74 Å². The Labute approximate surface area is 46.6 Å². The minimum atomic E-state index is -1.66. The van der Waals surface area contributed by atoms with Gasteiger partial charge in [0.1, 0.15) is 0 Å². The summed E-state index contributed by atoms with van der Waals surface area (Å²) in [4.78, 5) is 0. The summed E-state index contributed by atoms with van der Waals surface area (Å²) in [5.74, 6) is 0. The van der Waals surface area contributed by atoms with Gasteiger partial charge in [-0.25, -0.2) is 8.78 Å². The van der Waals surface area contributed by atoms with Gasteiger partial charge in [0.2, 0.25) is 6.36 Å². The molecule has 1 fully saturated rings. The molecule has 0 amide bonds. The van der Waals surface area contributed by atoms with E-state index in [1.54, 1.807) is 0 Å². The Balaban J connectivity index is 2.28. The van der Waals surface area contributed by atoms with Gasteiger partial charge in [-0.15, -0.1) is 0 Å². The number of rotatable bonds is 0. The molecule has 0 aliphatic carbocycles. The van der Waals surface area contributed by atoms with Gasteiger partial charge in [0.25, 0.3) is 0 Å². The number of ether oxygens (including phenoxy) is 1. The van der Waals surface area contributed by atoms with Gasteiger partial charge in [0.15, 0.2) is 6.17 Å². The van der Waals surface area contributed by atoms with Crippen molar-refractivity contribution < 1.29 is 13.5 Å². The molecule has 1 aliphatic rings. The maximum atomic E-state index is 12.1. The van der Waals surface area contributed by atoms with Crippen molar-refractivity contribution >= 4 is 0 Å². The topological polar surface area (TPSA) is 9.23 Å². The zero-order valence-electron chi connectivity index (χ0n) is 4.44. The Bertz CT molecular complexity index is 66.8. The molecule has 1 nitrogen and oxygen atoms in total. The molecule has 0 spiro atoms. The fourth-order valence-corrected chi connectivity index (χ4v) is 0.710. The Morgan fingerprint density at radius 3 is 2.50 bits per heavy atom. The number of halogens is 2. The summed E-state index contributed by atoms with van der Waals surface area (Å²) in [5.41, 5.74) is 0. The van der Waals surface area contributed by atoms with Crippen molar-refractivity contribution in [3.8, 4) is 0 Å². The minimum Gasteiger partial charge on any atom is -0.346 e. The van der Waals surface area contributed by atoms with E-state index in [1.807, 2.05) is 0 Å². The minimum absolute atomic E-state index is 0.307. The second-order valence-corrected chi connectivity index (χ2v) is 1.88. The summed E-state index contributed by atoms with van der Waals surface area (Å²) in [6, 6.07) is 0. The van der Waals surface area contributed by atoms with Gasteiger partial charge in [-0.1, -0.05) is 0 Å². The van der Waals surface area contributed by atoms with Crippen molar-refractivity contribution in [2.45, 2.75) is 25.4 Å². The summed E-state index contributed by atoms with van der Waals surface area (Å²) in [6.45, 7) is 0.363. The molecular formula is C5H8F2O. The molecule has 0 aromatic heterocycles. The Morgan fingerprint density at radius 2 is 2.12 bits per heavy atom. The van der Waals surface area contributed by atoms with E-state index in [-0.39, 0.29) is 0 Å². The van der Waals surface area contributed by atoms with Gasteiger partial charge in [-0.05, 0) is 12.8 Å². The molecule has 1 aliphatic heterocycles. The van der Waals surface area contributed by atoms with Crippen molar-refractivity contribution in [2.24, 2.45) is 0 Å². The molecule has 0 aromatic carbocycles. The second kappa shape index (κ2) is 2.40. The normalized spacial score (nSPS) is 39.8. The van der Waals surface area contributed by atoms with Crippen LogP contribution in [0.25, 0.3) is 0 Å². The summed E-state index contributed by atoms with van der Waals surface area (Å²) >= 11 is 0. The van der Waals surface area contributed by atoms with Crippen LogP contribution in [0.1, 0.15) is 12.8 Å². The predicted molar refractivity (Wildman–Crippen MR) is 25.0 cm³/mol. The number of hydrogen-bond acceptors (Lipinski definition) is 1. The van der Waals surface area contributed by atoms with Gasteiger partial charge >= 0.3 is 0 Å². The maximum absolute atomic E-state index is 12.1. The quantitative estimate of drug-likeness (QED) is 0.472. The van der Waals surface area contributed by atoms with Crippen molar-refractivity contribution in [1.82, 2.24) is 0 Å². The van der Waals surface area contributed by atoms with Crippen molar-refractivity contribution in [2.75, 3.05) is 6.61 Å². The predicted octanol–water partition coefficient (Wildman–Crippen LogP) is 1.43. The van der Waals surface area contributed by atoms with Crippen LogP contribution >= 0.6 is 0 Å². The first-order chi connectivity index (χ1) is 3.80. The molecule has 1 heterocycles. The number of alkyl halides is 2. The Kier molecular flexibility index (Phi) is 1.78. The Hall–Kier alpha value is -0.180. The van der Waals surface area contributed by atoms with Gasteiger partial charge in [-0.2, -0.15) is 0 Å². The van der Waals surface area contributed by atoms with Crippen LogP contribution in [-0.2, 0) is 4.74 Å². The van der Waals surface area contributed by atoms with Gasteiger partial charge < -0.3 is 4.74 Å². The monoisotopic (exact) mass is 122 g/mol. The molecule has 0 bridgehead atoms. The Morgan fingerprint density at radius 1 is 1.38 bits per heavy atom. The highest BCUT2D eigenvalue weighted by atomic mass is 19.2. The molecule has 2 atom stereocenters. The summed E-state index contributed by atoms with van der Waals surface area (Å²) in [5, 5.41) is 0. The van der Waals surface area contributed by atoms with Crippen LogP contribution in [0.4, 0.5) is 8.78 Å². The summed E-state index contributed by atoms with van der Waals surface area (Å²) in [7, 11) is 0. The van der Waals surface area contributed by atoms with E-state index < -0.39 is 12.5 Å². The van der Waals surface area contributed by atoms with E-state index in [4.69, 9.17) is 0 Å². The molecular weight excluding hydrogens is 114 g/mol. The highest BCUT2D eigenvalue weighted by molar-refractivity contribution is 4.63. The molecule has 0 unspecified atom stereocenters. The second-order valence-electron chi connectivity index (χ2n) is 1.88. The molecule has 1 saturated heterocycles. The van der Waals surface area contributed by atoms with Crippen LogP contribution in [0.5, 0.6) is 0 Å². The van der Waals surface area contributed by atoms with Crippen LogP contribution in [-0.4, -0.2) is 19.1 Å². The lowest BCUT2D eigenvalue weighted by molar-refractivity contribution is -0.114. The van der Waals surface area contributed by atoms with E-state index in [1.165, 1.54) is 0 Å². The summed E-state index contributed by atoms with van der Waals surface area (Å²) < 4.78 is 28.4. The fraction of sp³-hybridized carbons (Fsp3) is 1.00. The standard InChI is InChI=1S/C5H8F2O/c6-4-2-1-3-8-5(4)7/h4-5H,1-3H2/t4-,5+/m0/s1. The molecule has 0 aromatic rings. The smallest absolute Gasteiger partial charge is 0.230 e. The molecule has 0 N–H and O–H groups in total. The average molecular weight is 122 g/mol. The largest absolute Gasteiger partial charge is 0.346 e. The van der Waals surface area contributed by atoms with E-state index in [0.29, 0.717) is 19.4 Å². The highest BCUT2D eigenvalue weighted by Crippen LogP contribution is 2.17. The van der Waals surface area contributed by atoms with Crippen LogP contribution in [0, 0.1) is 0 Å². The van der Waals surface area contributed by atoms with Crippen LogP contribution in [0.2, 0.25) is 0 Å². The molecule has 8 heavy (non-hydrogen) atoms. The van der Waals surface area contributed by atoms with Gasteiger partial charge in [0.05, 0.1) is 6.61 Å². The molecule has 0 radical (unpaired) electrons. The SMILES string of the molecule is F[C@@H]1OCCC[C@@H]1F. The van der Waals surface area contributed by atoms with Gasteiger partial charge in [-0.3, -0.25) is 0 Å². The van der Waals surface area contributed by atoms with Crippen molar-refractivity contribution in [3.63, 3.8) is 0 Å². The molecule has 1 rings (SSSR count). The third-order valence-electron chi connectivity index (χ3n) is 1.19. The van der Waals surface area contributed by atoms with Gasteiger partial charge in [0, 0.05) is 0 Å². The highest BCUT2D eigenvalue weighted by Gasteiger charge is 2.24. The maximum Gasteiger partial charge on any atom is 0.230 e. The first kappa shape index (κ1) is 5.95. The van der Waals surface area contributed by atoms with Crippen LogP contribution in [0.3, 0.4) is 0 Å². The first-order valence-electron chi connectivity index (χ1n) is 2.70. The van der Waals surface area contributed by atoms with Crippen LogP contribution in [0.15, 0.2) is 0 Å². The summed E-state index contributed by atoms with van der Waals surface area (Å²) in [6.07, 6.45) is -2.10. The molecule has 48 valence electrons. The van der Waals surface area contributed by atoms with Crippen LogP contribution < -0.4 is 0 Å². The molecule has 0 saturated carbocycles. The van der Waals surface area contributed by atoms with E-state index in [0.717, 1.165) is 0 Å². The lowest BCUT2D eigenvalue weighted by atomic mass is 10.2. The number of hydrogen-bond donors (Lipinski definition) is 0. The lowest BCUT2D eigenvalue weighted by Crippen LogP contribution is -2.26. The fourth-order valence-electron chi connectivity index (χ4n) is 0.710. The third kappa shape index (κ3) is 1.15. The lowest BCUT2D eigenvalue weighted by Gasteiger charge is -2.18. The van der Waals surface area contributed by atoms with Crippen molar-refractivity contribution in [3.05, 3.63) is 0 Å². The van der Waals surface area contributed by atoms with E-state index in [9.17, 15) is 8.78 Å². The third-order valence-corrected chi connectivity index (χ3v) is 1.19. The zero-order chi connectivity index (χ0) is 5.98. The molecule has 3 heteroatoms. The zero-order valence-corrected chi connectivity index (χ0v) is 4.44. The average Bonchev–Trinajstić information content (AvgIpc) is 1.77. The first-order valence-corrected chi connectivity index (χ1v) is 2.70. The van der Waals surface area contributed by atoms with Crippen molar-refractivity contribution in [1.29, 1.82) is 0 Å². The van der Waals surface area contributed by atoms with E-state index >= 15 is 0 Å².